The van der Waals surface area contributed by atoms with E-state index in [-0.39, 0.29) is 4.90 Å². The van der Waals surface area contributed by atoms with Crippen LogP contribution in [0.15, 0.2) is 35.2 Å². The molecule has 0 aliphatic carbocycles. The number of carbonyl (C=O) groups is 1. The van der Waals surface area contributed by atoms with E-state index in [9.17, 15) is 13.2 Å². The Morgan fingerprint density at radius 2 is 1.83 bits per heavy atom. The topological polar surface area (TPSA) is 60.4 Å². The molecule has 0 amide bonds. The zero-order valence-electron chi connectivity index (χ0n) is 10.6. The van der Waals surface area contributed by atoms with Gasteiger partial charge in [-0.3, -0.25) is 0 Å². The number of hydrogen-bond donors (Lipinski definition) is 0. The van der Waals surface area contributed by atoms with Gasteiger partial charge in [-0.15, -0.1) is 0 Å². The first-order valence-electron chi connectivity index (χ1n) is 5.49. The number of benzene rings is 1. The number of sulfone groups is 1. The molecule has 1 aromatic carbocycles. The Morgan fingerprint density at radius 1 is 1.28 bits per heavy atom. The molecule has 0 heterocycles. The molecule has 0 N–H and O–H groups in total. The van der Waals surface area contributed by atoms with Crippen molar-refractivity contribution in [3.63, 3.8) is 0 Å². The van der Waals surface area contributed by atoms with Gasteiger partial charge in [0, 0.05) is 6.26 Å². The molecule has 0 spiro atoms. The van der Waals surface area contributed by atoms with Crippen LogP contribution in [0.25, 0.3) is 5.57 Å². The van der Waals surface area contributed by atoms with Crippen molar-refractivity contribution in [2.24, 2.45) is 0 Å². The predicted octanol–water partition coefficient (Wildman–Crippen LogP) is 2.06. The van der Waals surface area contributed by atoms with Crippen LogP contribution in [0.4, 0.5) is 0 Å². The number of hydrogen-bond acceptors (Lipinski definition) is 4. The van der Waals surface area contributed by atoms with Gasteiger partial charge in [0.05, 0.1) is 17.6 Å². The van der Waals surface area contributed by atoms with E-state index in [4.69, 9.17) is 4.74 Å². The Bertz CT molecular complexity index is 553. The number of esters is 1. The van der Waals surface area contributed by atoms with Crippen molar-refractivity contribution in [2.75, 3.05) is 13.4 Å². The first kappa shape index (κ1) is 14.4. The van der Waals surface area contributed by atoms with Gasteiger partial charge >= 0.3 is 5.97 Å². The van der Waals surface area contributed by atoms with E-state index >= 15 is 0 Å². The number of allylic oxidation sites excluding steroid dienone is 1. The molecule has 0 saturated carbocycles. The Hall–Kier alpha value is -1.62. The van der Waals surface area contributed by atoms with Crippen LogP contribution in [0, 0.1) is 0 Å². The van der Waals surface area contributed by atoms with Crippen molar-refractivity contribution >= 4 is 21.4 Å². The van der Waals surface area contributed by atoms with Gasteiger partial charge in [-0.05, 0) is 24.1 Å². The average Bonchev–Trinajstić information content (AvgIpc) is 2.34. The lowest BCUT2D eigenvalue weighted by molar-refractivity contribution is -0.133. The largest absolute Gasteiger partial charge is 0.465 e. The van der Waals surface area contributed by atoms with Gasteiger partial charge in [0.1, 0.15) is 0 Å². The quantitative estimate of drug-likeness (QED) is 0.619. The highest BCUT2D eigenvalue weighted by atomic mass is 32.2. The number of carbonyl (C=O) groups excluding carboxylic acids is 1. The number of ether oxygens (including phenoxy) is 1. The van der Waals surface area contributed by atoms with Gasteiger partial charge in [-0.2, -0.15) is 0 Å². The van der Waals surface area contributed by atoms with Crippen molar-refractivity contribution in [1.29, 1.82) is 0 Å². The highest BCUT2D eigenvalue weighted by Crippen LogP contribution is 2.19. The fraction of sp³-hybridized carbons (Fsp3) is 0.308. The smallest absolute Gasteiger partial charge is 0.338 e. The molecule has 0 aliphatic rings. The lowest BCUT2D eigenvalue weighted by Gasteiger charge is -2.06. The molecule has 0 atom stereocenters. The second-order valence-electron chi connectivity index (χ2n) is 3.81. The zero-order valence-corrected chi connectivity index (χ0v) is 11.5. The molecule has 0 saturated heterocycles. The van der Waals surface area contributed by atoms with Crippen LogP contribution < -0.4 is 0 Å². The molecule has 0 aliphatic heterocycles. The molecule has 0 radical (unpaired) electrons. The molecule has 0 aromatic heterocycles. The monoisotopic (exact) mass is 268 g/mol. The van der Waals surface area contributed by atoms with Crippen LogP contribution in [0.2, 0.25) is 0 Å². The summed E-state index contributed by atoms with van der Waals surface area (Å²) in [5.74, 6) is -0.427. The van der Waals surface area contributed by atoms with E-state index in [0.29, 0.717) is 17.6 Å². The van der Waals surface area contributed by atoms with Gasteiger partial charge in [0.25, 0.3) is 0 Å². The number of methoxy groups -OCH3 is 1. The molecular formula is C13H16O4S. The van der Waals surface area contributed by atoms with Crippen molar-refractivity contribution in [3.8, 4) is 0 Å². The standard InChI is InChI=1S/C13H16O4S/c1-4-5-12(13(14)17-2)10-6-8-11(9-7-10)18(3,15)16/h5-9H,4H2,1-3H3/b12-5+. The summed E-state index contributed by atoms with van der Waals surface area (Å²) in [4.78, 5) is 11.8. The first-order valence-corrected chi connectivity index (χ1v) is 7.38. The van der Waals surface area contributed by atoms with Gasteiger partial charge in [-0.1, -0.05) is 25.1 Å². The van der Waals surface area contributed by atoms with Crippen molar-refractivity contribution in [3.05, 3.63) is 35.9 Å². The van der Waals surface area contributed by atoms with Crippen LogP contribution in [0.5, 0.6) is 0 Å². The summed E-state index contributed by atoms with van der Waals surface area (Å²) >= 11 is 0. The van der Waals surface area contributed by atoms with E-state index in [0.717, 1.165) is 6.26 Å². The van der Waals surface area contributed by atoms with Crippen LogP contribution in [-0.4, -0.2) is 27.8 Å². The van der Waals surface area contributed by atoms with Crippen LogP contribution >= 0.6 is 0 Å². The van der Waals surface area contributed by atoms with Crippen LogP contribution in [0.3, 0.4) is 0 Å². The lowest BCUT2D eigenvalue weighted by Crippen LogP contribution is -2.04. The third-order valence-corrected chi connectivity index (χ3v) is 3.54. The van der Waals surface area contributed by atoms with Gasteiger partial charge < -0.3 is 4.74 Å². The summed E-state index contributed by atoms with van der Waals surface area (Å²) in [6, 6.07) is 6.18. The van der Waals surface area contributed by atoms with Crippen molar-refractivity contribution in [2.45, 2.75) is 18.2 Å². The molecule has 18 heavy (non-hydrogen) atoms. The fourth-order valence-corrected chi connectivity index (χ4v) is 2.15. The maximum Gasteiger partial charge on any atom is 0.338 e. The molecule has 0 bridgehead atoms. The zero-order chi connectivity index (χ0) is 13.8. The molecular weight excluding hydrogens is 252 g/mol. The minimum atomic E-state index is -3.22. The second kappa shape index (κ2) is 5.82. The van der Waals surface area contributed by atoms with E-state index in [1.165, 1.54) is 19.2 Å². The number of rotatable bonds is 4. The van der Waals surface area contributed by atoms with Crippen LogP contribution in [-0.2, 0) is 19.4 Å². The van der Waals surface area contributed by atoms with Gasteiger partial charge in [-0.25, -0.2) is 13.2 Å². The Balaban J connectivity index is 3.17. The molecule has 0 fully saturated rings. The van der Waals surface area contributed by atoms with Crippen LogP contribution in [0.1, 0.15) is 18.9 Å². The van der Waals surface area contributed by atoms with E-state index in [1.807, 2.05) is 6.92 Å². The predicted molar refractivity (Wildman–Crippen MR) is 69.8 cm³/mol. The minimum Gasteiger partial charge on any atom is -0.465 e. The summed E-state index contributed by atoms with van der Waals surface area (Å²) in [7, 11) is -1.90. The normalized spacial score (nSPS) is 12.3. The minimum absolute atomic E-state index is 0.229. The third kappa shape index (κ3) is 3.43. The molecule has 0 unspecified atom stereocenters. The summed E-state index contributed by atoms with van der Waals surface area (Å²) < 4.78 is 27.3. The molecule has 4 nitrogen and oxygen atoms in total. The Labute approximate surface area is 107 Å². The van der Waals surface area contributed by atoms with Gasteiger partial charge in [0.15, 0.2) is 9.84 Å². The SMILES string of the molecule is CC/C=C(/C(=O)OC)c1ccc(S(C)(=O)=O)cc1. The summed E-state index contributed by atoms with van der Waals surface area (Å²) in [6.07, 6.45) is 3.59. The third-order valence-electron chi connectivity index (χ3n) is 2.41. The molecule has 98 valence electrons. The highest BCUT2D eigenvalue weighted by Gasteiger charge is 2.13. The maximum absolute atomic E-state index is 11.6. The summed E-state index contributed by atoms with van der Waals surface area (Å²) in [5, 5.41) is 0. The molecule has 1 rings (SSSR count). The van der Waals surface area contributed by atoms with E-state index in [2.05, 4.69) is 0 Å². The van der Waals surface area contributed by atoms with E-state index < -0.39 is 15.8 Å². The fourth-order valence-electron chi connectivity index (χ4n) is 1.51. The molecule has 5 heteroatoms. The maximum atomic E-state index is 11.6. The lowest BCUT2D eigenvalue weighted by atomic mass is 10.1. The highest BCUT2D eigenvalue weighted by molar-refractivity contribution is 7.90. The van der Waals surface area contributed by atoms with Gasteiger partial charge in [0.2, 0.25) is 0 Å². The molecule has 1 aromatic rings. The Kier molecular flexibility index (Phi) is 4.67. The van der Waals surface area contributed by atoms with Crippen molar-refractivity contribution in [1.82, 2.24) is 0 Å². The Morgan fingerprint density at radius 3 is 2.22 bits per heavy atom. The first-order chi connectivity index (χ1) is 8.40. The summed E-state index contributed by atoms with van der Waals surface area (Å²) in [5.41, 5.74) is 1.09. The summed E-state index contributed by atoms with van der Waals surface area (Å²) in [6.45, 7) is 1.91. The van der Waals surface area contributed by atoms with E-state index in [1.54, 1.807) is 18.2 Å². The average molecular weight is 268 g/mol. The van der Waals surface area contributed by atoms with Crippen molar-refractivity contribution < 1.29 is 17.9 Å². The second-order valence-corrected chi connectivity index (χ2v) is 5.83.